The summed E-state index contributed by atoms with van der Waals surface area (Å²) in [7, 11) is 0. The highest BCUT2D eigenvalue weighted by molar-refractivity contribution is 5.87. The van der Waals surface area contributed by atoms with Crippen LogP contribution in [0.15, 0.2) is 24.3 Å². The largest absolute Gasteiger partial charge is 0.478 e. The molecule has 0 aliphatic carbocycles. The molecule has 0 aliphatic heterocycles. The number of carboxylic acid groups (broad SMARTS) is 1. The lowest BCUT2D eigenvalue weighted by molar-refractivity contribution is 0.0439. The fourth-order valence-electron chi connectivity index (χ4n) is 1.97. The quantitative estimate of drug-likeness (QED) is 0.813. The molecule has 1 unspecified atom stereocenters. The average Bonchev–Trinajstić information content (AvgIpc) is 2.28. The highest BCUT2D eigenvalue weighted by Crippen LogP contribution is 2.27. The molecule has 0 aliphatic rings. The van der Waals surface area contributed by atoms with Crippen molar-refractivity contribution in [2.75, 3.05) is 0 Å². The molecule has 0 aromatic heterocycles. The zero-order valence-corrected chi connectivity index (χ0v) is 11.3. The van der Waals surface area contributed by atoms with Crippen LogP contribution in [0.4, 0.5) is 0 Å². The van der Waals surface area contributed by atoms with E-state index in [2.05, 4.69) is 13.8 Å². The zero-order chi connectivity index (χ0) is 13.8. The second kappa shape index (κ2) is 6.01. The van der Waals surface area contributed by atoms with Crippen LogP contribution in [0.25, 0.3) is 0 Å². The molecule has 0 fully saturated rings. The van der Waals surface area contributed by atoms with E-state index in [0.717, 1.165) is 18.4 Å². The molecule has 1 atom stereocenters. The van der Waals surface area contributed by atoms with Crippen molar-refractivity contribution in [3.8, 4) is 0 Å². The maximum Gasteiger partial charge on any atom is 0.335 e. The van der Waals surface area contributed by atoms with Gasteiger partial charge in [-0.25, -0.2) is 4.79 Å². The van der Waals surface area contributed by atoms with Crippen LogP contribution in [0.5, 0.6) is 0 Å². The molecule has 0 saturated carbocycles. The van der Waals surface area contributed by atoms with Gasteiger partial charge < -0.3 is 10.2 Å². The van der Waals surface area contributed by atoms with Gasteiger partial charge in [-0.3, -0.25) is 0 Å². The minimum Gasteiger partial charge on any atom is -0.478 e. The zero-order valence-electron chi connectivity index (χ0n) is 11.3. The number of hydrogen-bond donors (Lipinski definition) is 2. The summed E-state index contributed by atoms with van der Waals surface area (Å²) in [6.07, 6.45) is 2.74. The standard InChI is InChI=1S/C15H22O3/c1-11(2)5-4-10-15(3,18)13-8-6-12(7-9-13)14(16)17/h6-9,11,18H,4-5,10H2,1-3H3,(H,16,17). The van der Waals surface area contributed by atoms with E-state index >= 15 is 0 Å². The summed E-state index contributed by atoms with van der Waals surface area (Å²) in [5, 5.41) is 19.2. The van der Waals surface area contributed by atoms with Crippen LogP contribution >= 0.6 is 0 Å². The second-order valence-electron chi connectivity index (χ2n) is 5.44. The first-order chi connectivity index (χ1) is 8.33. The minimum atomic E-state index is -0.944. The van der Waals surface area contributed by atoms with Crippen molar-refractivity contribution in [1.82, 2.24) is 0 Å². The molecule has 0 heterocycles. The number of aliphatic hydroxyl groups is 1. The predicted octanol–water partition coefficient (Wildman–Crippen LogP) is 3.42. The van der Waals surface area contributed by atoms with Crippen molar-refractivity contribution in [2.24, 2.45) is 5.92 Å². The van der Waals surface area contributed by atoms with Gasteiger partial charge in [-0.15, -0.1) is 0 Å². The Balaban J connectivity index is 2.69. The molecule has 1 aromatic rings. The number of aromatic carboxylic acids is 1. The lowest BCUT2D eigenvalue weighted by atomic mass is 9.89. The van der Waals surface area contributed by atoms with Gasteiger partial charge in [0, 0.05) is 0 Å². The molecule has 0 radical (unpaired) electrons. The van der Waals surface area contributed by atoms with Crippen molar-refractivity contribution < 1.29 is 15.0 Å². The third kappa shape index (κ3) is 4.15. The van der Waals surface area contributed by atoms with Gasteiger partial charge in [0.05, 0.1) is 11.2 Å². The topological polar surface area (TPSA) is 57.5 Å². The lowest BCUT2D eigenvalue weighted by Crippen LogP contribution is -2.21. The van der Waals surface area contributed by atoms with Gasteiger partial charge in [0.15, 0.2) is 0 Å². The van der Waals surface area contributed by atoms with Gasteiger partial charge in [-0.1, -0.05) is 32.4 Å². The monoisotopic (exact) mass is 250 g/mol. The number of benzene rings is 1. The molecule has 1 aromatic carbocycles. The molecule has 0 bridgehead atoms. The van der Waals surface area contributed by atoms with Crippen molar-refractivity contribution in [3.63, 3.8) is 0 Å². The summed E-state index contributed by atoms with van der Waals surface area (Å²) in [6.45, 7) is 6.11. The Bertz CT molecular complexity index is 391. The van der Waals surface area contributed by atoms with Crippen LogP contribution in [-0.4, -0.2) is 16.2 Å². The first kappa shape index (κ1) is 14.7. The molecule has 0 spiro atoms. The number of rotatable bonds is 6. The van der Waals surface area contributed by atoms with Crippen molar-refractivity contribution in [3.05, 3.63) is 35.4 Å². The number of carboxylic acids is 1. The van der Waals surface area contributed by atoms with E-state index in [9.17, 15) is 9.90 Å². The average molecular weight is 250 g/mol. The van der Waals surface area contributed by atoms with E-state index in [4.69, 9.17) is 5.11 Å². The van der Waals surface area contributed by atoms with E-state index < -0.39 is 11.6 Å². The van der Waals surface area contributed by atoms with Crippen molar-refractivity contribution >= 4 is 5.97 Å². The van der Waals surface area contributed by atoms with Crippen LogP contribution in [0.3, 0.4) is 0 Å². The highest BCUT2D eigenvalue weighted by atomic mass is 16.4. The Kier molecular flexibility index (Phi) is 4.91. The molecular formula is C15H22O3. The first-order valence-corrected chi connectivity index (χ1v) is 6.39. The minimum absolute atomic E-state index is 0.247. The fraction of sp³-hybridized carbons (Fsp3) is 0.533. The third-order valence-electron chi connectivity index (χ3n) is 3.20. The van der Waals surface area contributed by atoms with E-state index in [1.54, 1.807) is 19.1 Å². The van der Waals surface area contributed by atoms with E-state index in [1.165, 1.54) is 12.1 Å². The Hall–Kier alpha value is -1.35. The van der Waals surface area contributed by atoms with Gasteiger partial charge in [0.25, 0.3) is 0 Å². The van der Waals surface area contributed by atoms with Crippen LogP contribution in [-0.2, 0) is 5.60 Å². The molecule has 3 heteroatoms. The maximum atomic E-state index is 10.7. The summed E-state index contributed by atoms with van der Waals surface area (Å²) >= 11 is 0. The third-order valence-corrected chi connectivity index (χ3v) is 3.20. The van der Waals surface area contributed by atoms with Crippen molar-refractivity contribution in [1.29, 1.82) is 0 Å². The number of carbonyl (C=O) groups is 1. The summed E-state index contributed by atoms with van der Waals surface area (Å²) in [5.74, 6) is -0.309. The lowest BCUT2D eigenvalue weighted by Gasteiger charge is -2.24. The Morgan fingerprint density at radius 1 is 1.28 bits per heavy atom. The second-order valence-corrected chi connectivity index (χ2v) is 5.44. The van der Waals surface area contributed by atoms with E-state index in [0.29, 0.717) is 12.3 Å². The normalized spacial score (nSPS) is 14.5. The molecule has 0 amide bonds. The summed E-state index contributed by atoms with van der Waals surface area (Å²) in [4.78, 5) is 10.7. The van der Waals surface area contributed by atoms with Crippen molar-refractivity contribution in [2.45, 2.75) is 45.6 Å². The molecule has 3 nitrogen and oxygen atoms in total. The molecular weight excluding hydrogens is 228 g/mol. The van der Waals surface area contributed by atoms with Crippen LogP contribution in [0.1, 0.15) is 56.0 Å². The Morgan fingerprint density at radius 3 is 2.28 bits per heavy atom. The maximum absolute atomic E-state index is 10.7. The van der Waals surface area contributed by atoms with Gasteiger partial charge in [0.2, 0.25) is 0 Å². The van der Waals surface area contributed by atoms with Gasteiger partial charge in [-0.05, 0) is 43.4 Å². The van der Waals surface area contributed by atoms with Crippen LogP contribution < -0.4 is 0 Å². The molecule has 18 heavy (non-hydrogen) atoms. The van der Waals surface area contributed by atoms with Gasteiger partial charge >= 0.3 is 5.97 Å². The van der Waals surface area contributed by atoms with Crippen LogP contribution in [0, 0.1) is 5.92 Å². The van der Waals surface area contributed by atoms with Gasteiger partial charge in [-0.2, -0.15) is 0 Å². The van der Waals surface area contributed by atoms with Crippen LogP contribution in [0.2, 0.25) is 0 Å². The molecule has 2 N–H and O–H groups in total. The summed E-state index contributed by atoms with van der Waals surface area (Å²) in [5.41, 5.74) is 0.138. The molecule has 1 rings (SSSR count). The highest BCUT2D eigenvalue weighted by Gasteiger charge is 2.22. The summed E-state index contributed by atoms with van der Waals surface area (Å²) in [6, 6.07) is 6.46. The van der Waals surface area contributed by atoms with E-state index in [-0.39, 0.29) is 5.56 Å². The molecule has 0 saturated heterocycles. The van der Waals surface area contributed by atoms with Gasteiger partial charge in [0.1, 0.15) is 0 Å². The summed E-state index contributed by atoms with van der Waals surface area (Å²) < 4.78 is 0. The van der Waals surface area contributed by atoms with E-state index in [1.807, 2.05) is 0 Å². The Morgan fingerprint density at radius 2 is 1.83 bits per heavy atom. The predicted molar refractivity (Wildman–Crippen MR) is 71.7 cm³/mol. The number of hydrogen-bond acceptors (Lipinski definition) is 2. The Labute approximate surface area is 108 Å². The first-order valence-electron chi connectivity index (χ1n) is 6.39. The smallest absolute Gasteiger partial charge is 0.335 e. The molecule has 100 valence electrons. The SMILES string of the molecule is CC(C)CCCC(C)(O)c1ccc(C(=O)O)cc1. The fourth-order valence-corrected chi connectivity index (χ4v) is 1.97.